The molecule has 0 radical (unpaired) electrons. The van der Waals surface area contributed by atoms with Crippen molar-refractivity contribution in [3.05, 3.63) is 60.2 Å². The van der Waals surface area contributed by atoms with Crippen molar-refractivity contribution in [1.82, 2.24) is 9.88 Å². The van der Waals surface area contributed by atoms with Crippen molar-refractivity contribution in [2.24, 2.45) is 0 Å². The van der Waals surface area contributed by atoms with Crippen molar-refractivity contribution in [3.8, 4) is 0 Å². The van der Waals surface area contributed by atoms with Crippen LogP contribution in [0.1, 0.15) is 23.2 Å². The summed E-state index contributed by atoms with van der Waals surface area (Å²) in [4.78, 5) is 25.7. The highest BCUT2D eigenvalue weighted by atomic mass is 16.5. The van der Waals surface area contributed by atoms with Crippen LogP contribution in [0, 0.1) is 0 Å². The molecular weight excluding hydrogens is 466 g/mol. The lowest BCUT2D eigenvalue weighted by atomic mass is 10.0. The second-order valence-electron chi connectivity index (χ2n) is 10.0. The number of nitrogens with zero attached hydrogens (tertiary/aromatic N) is 4. The van der Waals surface area contributed by atoms with E-state index in [1.165, 1.54) is 0 Å². The summed E-state index contributed by atoms with van der Waals surface area (Å²) in [5.74, 6) is 0.772. The molecule has 3 aliphatic heterocycles. The number of piperidine rings is 1. The van der Waals surface area contributed by atoms with E-state index < -0.39 is 0 Å². The summed E-state index contributed by atoms with van der Waals surface area (Å²) < 4.78 is 11.0. The minimum atomic E-state index is -0.109. The largest absolute Gasteiger partial charge is 0.379 e. The average Bonchev–Trinajstić information content (AvgIpc) is 2.98. The number of pyridine rings is 1. The highest BCUT2D eigenvalue weighted by Crippen LogP contribution is 2.28. The number of carbonyl (C=O) groups excluding carboxylic acids is 1. The third kappa shape index (κ3) is 5.42. The Kier molecular flexibility index (Phi) is 7.21. The van der Waals surface area contributed by atoms with Crippen LogP contribution < -0.4 is 15.1 Å². The summed E-state index contributed by atoms with van der Waals surface area (Å²) in [5.41, 5.74) is 3.45. The number of morpholine rings is 2. The molecule has 0 spiro atoms. The molecule has 3 saturated heterocycles. The van der Waals surface area contributed by atoms with Crippen molar-refractivity contribution in [1.29, 1.82) is 0 Å². The molecule has 0 aliphatic carbocycles. The topological polar surface area (TPSA) is 70.2 Å². The van der Waals surface area contributed by atoms with Crippen molar-refractivity contribution >= 4 is 34.0 Å². The molecule has 0 unspecified atom stereocenters. The number of fused-ring (bicyclic) bond motifs is 1. The number of benzene rings is 2. The van der Waals surface area contributed by atoms with E-state index in [2.05, 4.69) is 32.1 Å². The molecule has 8 nitrogen and oxygen atoms in total. The van der Waals surface area contributed by atoms with Crippen LogP contribution in [-0.4, -0.2) is 87.5 Å². The van der Waals surface area contributed by atoms with Crippen LogP contribution in [-0.2, 0) is 9.47 Å². The molecule has 0 atom stereocenters. The van der Waals surface area contributed by atoms with E-state index in [1.54, 1.807) is 0 Å². The Morgan fingerprint density at radius 3 is 2.22 bits per heavy atom. The number of hydrogen-bond acceptors (Lipinski definition) is 7. The zero-order valence-corrected chi connectivity index (χ0v) is 21.3. The van der Waals surface area contributed by atoms with Gasteiger partial charge in [0.2, 0.25) is 0 Å². The monoisotopic (exact) mass is 501 g/mol. The predicted octanol–water partition coefficient (Wildman–Crippen LogP) is 3.62. The highest BCUT2D eigenvalue weighted by Gasteiger charge is 2.27. The summed E-state index contributed by atoms with van der Waals surface area (Å²) >= 11 is 0. The first kappa shape index (κ1) is 24.2. The summed E-state index contributed by atoms with van der Waals surface area (Å²) in [5, 5.41) is 3.99. The Morgan fingerprint density at radius 2 is 1.49 bits per heavy atom. The van der Waals surface area contributed by atoms with Gasteiger partial charge in [0.05, 0.1) is 37.5 Å². The van der Waals surface area contributed by atoms with Crippen LogP contribution in [0.3, 0.4) is 0 Å². The van der Waals surface area contributed by atoms with Crippen LogP contribution in [0.15, 0.2) is 54.6 Å². The maximum atomic E-state index is 13.5. The Balaban J connectivity index is 1.18. The van der Waals surface area contributed by atoms with Crippen molar-refractivity contribution < 1.29 is 14.3 Å². The second-order valence-corrected chi connectivity index (χ2v) is 10.0. The smallest absolute Gasteiger partial charge is 0.256 e. The molecular formula is C29H35N5O3. The maximum Gasteiger partial charge on any atom is 0.256 e. The van der Waals surface area contributed by atoms with Gasteiger partial charge in [0.25, 0.3) is 5.91 Å². The molecule has 1 aromatic heterocycles. The Labute approximate surface area is 218 Å². The van der Waals surface area contributed by atoms with Crippen LogP contribution in [0.4, 0.5) is 17.2 Å². The maximum absolute atomic E-state index is 13.5. The van der Waals surface area contributed by atoms with Gasteiger partial charge in [-0.3, -0.25) is 9.69 Å². The van der Waals surface area contributed by atoms with Gasteiger partial charge in [-0.2, -0.15) is 0 Å². The van der Waals surface area contributed by atoms with Crippen molar-refractivity contribution in [2.75, 3.05) is 80.8 Å². The third-order valence-corrected chi connectivity index (χ3v) is 7.80. The number of ether oxygens (including phenoxy) is 2. The van der Waals surface area contributed by atoms with Crippen LogP contribution in [0.2, 0.25) is 0 Å². The lowest BCUT2D eigenvalue weighted by Gasteiger charge is -2.40. The zero-order valence-electron chi connectivity index (χ0n) is 21.3. The minimum absolute atomic E-state index is 0.109. The lowest BCUT2D eigenvalue weighted by Crippen LogP contribution is -2.49. The fourth-order valence-corrected chi connectivity index (χ4v) is 5.69. The molecule has 3 fully saturated rings. The zero-order chi connectivity index (χ0) is 25.0. The summed E-state index contributed by atoms with van der Waals surface area (Å²) in [6.07, 6.45) is 2.21. The fraction of sp³-hybridized carbons (Fsp3) is 0.448. The molecule has 37 heavy (non-hydrogen) atoms. The molecule has 1 amide bonds. The van der Waals surface area contributed by atoms with Gasteiger partial charge < -0.3 is 24.6 Å². The molecule has 0 bridgehead atoms. The van der Waals surface area contributed by atoms with Gasteiger partial charge in [-0.05, 0) is 49.2 Å². The highest BCUT2D eigenvalue weighted by molar-refractivity contribution is 6.13. The van der Waals surface area contributed by atoms with Crippen LogP contribution in [0.25, 0.3) is 10.9 Å². The van der Waals surface area contributed by atoms with Crippen molar-refractivity contribution in [3.63, 3.8) is 0 Å². The molecule has 0 saturated carbocycles. The molecule has 4 heterocycles. The first-order chi connectivity index (χ1) is 18.2. The Morgan fingerprint density at radius 1 is 0.811 bits per heavy atom. The SMILES string of the molecule is O=C(Nc1ccc(N2CCOCC2)cc1)c1cc(N2CCC(N3CCOCC3)CC2)nc2ccccc12. The van der Waals surface area contributed by atoms with Crippen molar-refractivity contribution in [2.45, 2.75) is 18.9 Å². The second kappa shape index (κ2) is 11.0. The number of rotatable bonds is 5. The number of anilines is 3. The van der Waals surface area contributed by atoms with Gasteiger partial charge in [0.1, 0.15) is 5.82 Å². The molecule has 6 rings (SSSR count). The van der Waals surface area contributed by atoms with Crippen LogP contribution in [0.5, 0.6) is 0 Å². The number of carbonyl (C=O) groups is 1. The van der Waals surface area contributed by atoms with Gasteiger partial charge in [0.15, 0.2) is 0 Å². The summed E-state index contributed by atoms with van der Waals surface area (Å²) in [6, 6.07) is 18.6. The molecule has 8 heteroatoms. The lowest BCUT2D eigenvalue weighted by molar-refractivity contribution is 0.0115. The van der Waals surface area contributed by atoms with Gasteiger partial charge in [-0.1, -0.05) is 18.2 Å². The molecule has 194 valence electrons. The molecule has 2 aromatic carbocycles. The number of nitrogens with one attached hydrogen (secondary N) is 1. The predicted molar refractivity (Wildman–Crippen MR) is 147 cm³/mol. The van der Waals surface area contributed by atoms with Gasteiger partial charge in [-0.25, -0.2) is 4.98 Å². The number of para-hydroxylation sites is 1. The normalized spacial score (nSPS) is 19.8. The van der Waals surface area contributed by atoms with E-state index in [4.69, 9.17) is 14.5 Å². The average molecular weight is 502 g/mol. The van der Waals surface area contributed by atoms with Gasteiger partial charge in [-0.15, -0.1) is 0 Å². The first-order valence-electron chi connectivity index (χ1n) is 13.5. The van der Waals surface area contributed by atoms with E-state index in [0.717, 1.165) is 107 Å². The summed E-state index contributed by atoms with van der Waals surface area (Å²) in [7, 11) is 0. The quantitative estimate of drug-likeness (QED) is 0.573. The minimum Gasteiger partial charge on any atom is -0.379 e. The third-order valence-electron chi connectivity index (χ3n) is 7.80. The van der Waals surface area contributed by atoms with E-state index in [9.17, 15) is 4.79 Å². The molecule has 1 N–H and O–H groups in total. The van der Waals surface area contributed by atoms with Gasteiger partial charge in [0, 0.05) is 62.1 Å². The Hall–Kier alpha value is -3.20. The number of hydrogen-bond donors (Lipinski definition) is 1. The Bertz CT molecular complexity index is 1210. The summed E-state index contributed by atoms with van der Waals surface area (Å²) in [6.45, 7) is 8.88. The molecule has 3 aromatic rings. The number of aromatic nitrogens is 1. The number of amides is 1. The first-order valence-corrected chi connectivity index (χ1v) is 13.5. The fourth-order valence-electron chi connectivity index (χ4n) is 5.69. The van der Waals surface area contributed by atoms with E-state index in [0.29, 0.717) is 11.6 Å². The van der Waals surface area contributed by atoms with Crippen LogP contribution >= 0.6 is 0 Å². The molecule has 3 aliphatic rings. The van der Waals surface area contributed by atoms with E-state index in [-0.39, 0.29) is 5.91 Å². The van der Waals surface area contributed by atoms with Gasteiger partial charge >= 0.3 is 0 Å². The van der Waals surface area contributed by atoms with E-state index >= 15 is 0 Å². The standard InChI is InChI=1S/C29H35N5O3/c35-29(30-22-5-7-23(8-6-22)32-13-17-36-18-14-32)26-21-28(31-27-4-2-1-3-25(26)27)34-11-9-24(10-12-34)33-15-19-37-20-16-33/h1-8,21,24H,9-20H2,(H,30,35). The van der Waals surface area contributed by atoms with E-state index in [1.807, 2.05) is 42.5 Å².